The first-order chi connectivity index (χ1) is 42.6. The molecule has 0 aliphatic heterocycles. The van der Waals surface area contributed by atoms with Crippen molar-refractivity contribution in [3.63, 3.8) is 0 Å². The quantitative estimate of drug-likeness (QED) is 0.0408. The number of nitrogens with one attached hydrogen (secondary N) is 4. The lowest BCUT2D eigenvalue weighted by Gasteiger charge is -2.06. The number of amides is 2. The van der Waals surface area contributed by atoms with Gasteiger partial charge in [0, 0.05) is 119 Å². The molecule has 13 nitrogen and oxygen atoms in total. The smallest absolute Gasteiger partial charge is 0.296 e. The van der Waals surface area contributed by atoms with Gasteiger partial charge in [-0.1, -0.05) is 120 Å². The molecule has 0 radical (unpaired) electrons. The van der Waals surface area contributed by atoms with Crippen molar-refractivity contribution in [2.75, 3.05) is 16.4 Å². The molecule has 0 saturated carbocycles. The normalized spacial score (nSPS) is 10.7. The average Bonchev–Trinajstić information content (AvgIpc) is 1.92. The van der Waals surface area contributed by atoms with Crippen LogP contribution in [0.3, 0.4) is 0 Å². The summed E-state index contributed by atoms with van der Waals surface area (Å²) in [5.41, 5.74) is 18.9. The maximum atomic E-state index is 13.1. The van der Waals surface area contributed by atoms with Crippen molar-refractivity contribution in [1.29, 1.82) is 0 Å². The van der Waals surface area contributed by atoms with Crippen LogP contribution in [0.4, 0.5) is 17.1 Å². The average molecular weight is 1220 g/mol. The Labute approximate surface area is 522 Å². The highest BCUT2D eigenvalue weighted by molar-refractivity contribution is 6.49. The second-order valence-corrected chi connectivity index (χ2v) is 21.7. The molecule has 0 saturated heterocycles. The molecule has 0 bridgehead atoms. The van der Waals surface area contributed by atoms with E-state index in [2.05, 4.69) is 53.8 Å². The molecule has 14 aromatic rings. The molecule has 6 aromatic heterocycles. The van der Waals surface area contributed by atoms with E-state index in [-0.39, 0.29) is 0 Å². The number of nitrogens with two attached hydrogens (primary N) is 1. The first-order valence-electron chi connectivity index (χ1n) is 27.9. The molecule has 0 aliphatic carbocycles. The highest BCUT2D eigenvalue weighted by Crippen LogP contribution is 2.26. The zero-order valence-electron chi connectivity index (χ0n) is 48.1. The number of benzene rings is 8. The van der Waals surface area contributed by atoms with Gasteiger partial charge in [0.2, 0.25) is 0 Å². The predicted molar refractivity (Wildman–Crippen MR) is 360 cm³/mol. The molecule has 88 heavy (non-hydrogen) atoms. The van der Waals surface area contributed by atoms with Crippen molar-refractivity contribution in [3.05, 3.63) is 286 Å². The number of H-pyrrole nitrogens is 2. The molecular weight excluding hydrogens is 1160 g/mol. The van der Waals surface area contributed by atoms with Crippen molar-refractivity contribution < 1.29 is 19.2 Å². The van der Waals surface area contributed by atoms with Crippen LogP contribution in [0.1, 0.15) is 48.9 Å². The van der Waals surface area contributed by atoms with Crippen LogP contribution in [0.15, 0.2) is 237 Å². The van der Waals surface area contributed by atoms with Gasteiger partial charge in [-0.2, -0.15) is 0 Å². The molecule has 0 aliphatic rings. The predicted octanol–water partition coefficient (Wildman–Crippen LogP) is 17.2. The summed E-state index contributed by atoms with van der Waals surface area (Å²) in [5.74, 6) is -1.94. The summed E-state index contributed by atoms with van der Waals surface area (Å²) in [6.07, 6.45) is 5.26. The number of hydrogen-bond donors (Lipinski definition) is 5. The first kappa shape index (κ1) is 60.7. The topological polar surface area (TPSA) is 194 Å². The van der Waals surface area contributed by atoms with Gasteiger partial charge >= 0.3 is 0 Å². The minimum atomic E-state index is -0.677. The van der Waals surface area contributed by atoms with Crippen molar-refractivity contribution in [2.45, 2.75) is 33.2 Å². The molecule has 2 amide bonds. The SMILES string of the molecule is Cc1ccc2cc(N)ccc2n1.Cc1ccc2cc(NC(=O)C(=O)c3c[nH]c4ccccc34)ccc2n1.Cc1ccc2cc(NC(=O)C(=O)c3cn(Cc4ccc(Cl)cc4)c4ccccc34)ccc2n1.ClCc1ccc(Cl)cc1.c1ccc2[nH]ccc2c1. The minimum absolute atomic E-state index is 0.367. The van der Waals surface area contributed by atoms with Crippen molar-refractivity contribution in [3.8, 4) is 0 Å². The monoisotopic (exact) mass is 1220 g/mol. The number of ketones is 2. The Hall–Kier alpha value is -10.4. The van der Waals surface area contributed by atoms with Crippen LogP contribution in [0, 0.1) is 20.8 Å². The van der Waals surface area contributed by atoms with Gasteiger partial charge in [0.15, 0.2) is 0 Å². The summed E-state index contributed by atoms with van der Waals surface area (Å²) in [6, 6.07) is 68.6. The molecule has 6 N–H and O–H groups in total. The standard InChI is InChI=1S/C27H20ClN3O2.C20H15N3O2.C10H10N2.C8H7N.C7H6Cl2/c1-17-6-9-19-14-21(12-13-24(19)29-17)30-27(33)26(32)23-16-31(25-5-3-2-4-22(23)25)15-18-7-10-20(28)11-8-18;1-12-6-7-13-10-14(8-9-17(13)22-12)23-20(25)19(24)16-11-21-18-5-3-2-4-15(16)18;1-7-2-3-8-6-9(11)4-5-10(8)12-7;1-2-4-8-7(3-1)5-6-9-8;8-5-6-1-3-7(9)4-2-6/h2-14,16H,15H2,1H3,(H,30,33);2-11,21H,1H3,(H,23,25);2-6H,11H2,1H3;1-6,9H;1-4H,5H2. The van der Waals surface area contributed by atoms with Gasteiger partial charge in [0.1, 0.15) is 0 Å². The zero-order valence-corrected chi connectivity index (χ0v) is 50.3. The third kappa shape index (κ3) is 15.3. The fourth-order valence-corrected chi connectivity index (χ4v) is 10.1. The number of Topliss-reactive ketones (excluding diaryl/α,β-unsaturated/α-hetero) is 2. The zero-order chi connectivity index (χ0) is 61.7. The van der Waals surface area contributed by atoms with Crippen LogP contribution in [-0.2, 0) is 22.0 Å². The Morgan fingerprint density at radius 2 is 0.966 bits per heavy atom. The molecule has 16 heteroatoms. The third-order valence-corrected chi connectivity index (χ3v) is 14.9. The number of pyridine rings is 3. The number of anilines is 3. The van der Waals surface area contributed by atoms with Crippen molar-refractivity contribution in [1.82, 2.24) is 29.5 Å². The van der Waals surface area contributed by atoms with E-state index in [1.54, 1.807) is 24.5 Å². The van der Waals surface area contributed by atoms with Crippen LogP contribution in [0.5, 0.6) is 0 Å². The summed E-state index contributed by atoms with van der Waals surface area (Å²) < 4.78 is 1.98. The Morgan fingerprint density at radius 1 is 0.477 bits per heavy atom. The number of para-hydroxylation sites is 3. The van der Waals surface area contributed by atoms with Crippen molar-refractivity contribution in [2.24, 2.45) is 0 Å². The Bertz CT molecular complexity index is 4760. The minimum Gasteiger partial charge on any atom is -0.399 e. The molecule has 0 fully saturated rings. The van der Waals surface area contributed by atoms with E-state index >= 15 is 0 Å². The summed E-state index contributed by atoms with van der Waals surface area (Å²) >= 11 is 17.2. The van der Waals surface area contributed by atoms with E-state index in [1.165, 1.54) is 10.9 Å². The van der Waals surface area contributed by atoms with Crippen LogP contribution in [-0.4, -0.2) is 52.9 Å². The molecule has 436 valence electrons. The molecular formula is C72H58Cl3N9O4. The lowest BCUT2D eigenvalue weighted by Crippen LogP contribution is -2.22. The number of rotatable bonds is 9. The summed E-state index contributed by atoms with van der Waals surface area (Å²) in [4.78, 5) is 70.2. The number of nitrogens with zero attached hydrogens (tertiary/aromatic N) is 4. The molecule has 0 unspecified atom stereocenters. The van der Waals surface area contributed by atoms with Gasteiger partial charge in [0.25, 0.3) is 23.4 Å². The molecule has 0 atom stereocenters. The number of aromatic nitrogens is 6. The number of fused-ring (bicyclic) bond motifs is 6. The third-order valence-electron chi connectivity index (χ3n) is 14.1. The van der Waals surface area contributed by atoms with E-state index in [1.807, 2.05) is 220 Å². The van der Waals surface area contributed by atoms with Crippen LogP contribution < -0.4 is 16.4 Å². The maximum Gasteiger partial charge on any atom is 0.296 e. The highest BCUT2D eigenvalue weighted by atomic mass is 35.5. The second-order valence-electron chi connectivity index (χ2n) is 20.6. The maximum absolute atomic E-state index is 13.1. The Kier molecular flexibility index (Phi) is 19.4. The van der Waals surface area contributed by atoms with E-state index < -0.39 is 23.4 Å². The van der Waals surface area contributed by atoms with E-state index in [9.17, 15) is 19.2 Å². The molecule has 14 rings (SSSR count). The summed E-state index contributed by atoms with van der Waals surface area (Å²) in [5, 5.41) is 12.5. The largest absolute Gasteiger partial charge is 0.399 e. The van der Waals surface area contributed by atoms with Crippen LogP contribution >= 0.6 is 34.8 Å². The van der Waals surface area contributed by atoms with Crippen LogP contribution in [0.2, 0.25) is 10.0 Å². The van der Waals surface area contributed by atoms with Gasteiger partial charge in [0.05, 0.1) is 27.7 Å². The molecule has 8 aromatic carbocycles. The Balaban J connectivity index is 0.000000135. The second kappa shape index (κ2) is 28.2. The number of alkyl halides is 1. The number of carbonyl (C=O) groups is 4. The van der Waals surface area contributed by atoms with Crippen LogP contribution in [0.25, 0.3) is 65.4 Å². The lowest BCUT2D eigenvalue weighted by molar-refractivity contribution is -0.113. The summed E-state index contributed by atoms with van der Waals surface area (Å²) in [6.45, 7) is 6.39. The fourth-order valence-electron chi connectivity index (χ4n) is 9.65. The number of carbonyl (C=O) groups excluding carboxylic acids is 4. The first-order valence-corrected chi connectivity index (χ1v) is 29.2. The number of hydrogen-bond acceptors (Lipinski definition) is 8. The molecule has 0 spiro atoms. The van der Waals surface area contributed by atoms with E-state index in [4.69, 9.17) is 40.5 Å². The Morgan fingerprint density at radius 3 is 1.53 bits per heavy atom. The van der Waals surface area contributed by atoms with Gasteiger partial charge in [-0.25, -0.2) is 0 Å². The number of aromatic amines is 2. The van der Waals surface area contributed by atoms with Gasteiger partial charge < -0.3 is 30.9 Å². The van der Waals surface area contributed by atoms with Gasteiger partial charge in [-0.15, -0.1) is 11.6 Å². The number of nitrogen functional groups attached to an aromatic ring is 1. The lowest BCUT2D eigenvalue weighted by atomic mass is 10.1. The van der Waals surface area contributed by atoms with E-state index in [0.29, 0.717) is 39.9 Å². The van der Waals surface area contributed by atoms with Gasteiger partial charge in [-0.3, -0.25) is 34.1 Å². The van der Waals surface area contributed by atoms with E-state index in [0.717, 1.165) is 93.4 Å². The van der Waals surface area contributed by atoms with Gasteiger partial charge in [-0.05, 0) is 159 Å². The molecule has 6 heterocycles. The van der Waals surface area contributed by atoms with Crippen molar-refractivity contribution >= 4 is 141 Å². The number of halogens is 3. The number of aryl methyl sites for hydroxylation is 3. The highest BCUT2D eigenvalue weighted by Gasteiger charge is 2.23. The fraction of sp³-hybridized carbons (Fsp3) is 0.0694. The summed E-state index contributed by atoms with van der Waals surface area (Å²) in [7, 11) is 0.